The molecule has 5 heteroatoms. The highest BCUT2D eigenvalue weighted by Gasteiger charge is 2.49. The Kier molecular flexibility index (Phi) is 3.01. The van der Waals surface area contributed by atoms with Crippen molar-refractivity contribution in [1.29, 1.82) is 0 Å². The summed E-state index contributed by atoms with van der Waals surface area (Å²) >= 11 is 0. The lowest BCUT2D eigenvalue weighted by atomic mass is 10.1. The van der Waals surface area contributed by atoms with E-state index in [4.69, 9.17) is 18.9 Å². The predicted octanol–water partition coefficient (Wildman–Crippen LogP) is 0.998. The molecule has 2 aliphatic heterocycles. The second kappa shape index (κ2) is 3.92. The number of rotatable bonds is 2. The summed E-state index contributed by atoms with van der Waals surface area (Å²) in [5.41, 5.74) is 0. The van der Waals surface area contributed by atoms with Gasteiger partial charge < -0.3 is 24.1 Å². The molecule has 2 saturated heterocycles. The highest BCUT2D eigenvalue weighted by Crippen LogP contribution is 2.36. The molecular formula is C11H20O5. The van der Waals surface area contributed by atoms with Crippen LogP contribution in [0.4, 0.5) is 0 Å². The van der Waals surface area contributed by atoms with Crippen LogP contribution in [0.15, 0.2) is 0 Å². The van der Waals surface area contributed by atoms with Crippen molar-refractivity contribution in [3.63, 3.8) is 0 Å². The number of hydrogen-bond donors (Lipinski definition) is 1. The normalized spacial score (nSPS) is 38.4. The van der Waals surface area contributed by atoms with E-state index in [0.29, 0.717) is 13.0 Å². The first-order chi connectivity index (χ1) is 7.27. The van der Waals surface area contributed by atoms with Gasteiger partial charge in [0.05, 0.1) is 12.7 Å². The van der Waals surface area contributed by atoms with Crippen molar-refractivity contribution in [2.75, 3.05) is 6.61 Å². The summed E-state index contributed by atoms with van der Waals surface area (Å²) in [5, 5.41) is 9.66. The molecule has 3 atom stereocenters. The fourth-order valence-electron chi connectivity index (χ4n) is 2.10. The molecule has 16 heavy (non-hydrogen) atoms. The summed E-state index contributed by atoms with van der Waals surface area (Å²) in [6.07, 6.45) is -0.156. The lowest BCUT2D eigenvalue weighted by Gasteiger charge is -2.34. The van der Waals surface area contributed by atoms with Gasteiger partial charge in [-0.15, -0.1) is 0 Å². The van der Waals surface area contributed by atoms with Crippen LogP contribution in [0.1, 0.15) is 34.1 Å². The van der Waals surface area contributed by atoms with Gasteiger partial charge in [0.1, 0.15) is 6.10 Å². The largest absolute Gasteiger partial charge is 0.366 e. The molecule has 0 aromatic carbocycles. The van der Waals surface area contributed by atoms with Crippen molar-refractivity contribution in [2.24, 2.45) is 0 Å². The summed E-state index contributed by atoms with van der Waals surface area (Å²) in [6, 6.07) is 0. The second-order valence-corrected chi connectivity index (χ2v) is 5.23. The van der Waals surface area contributed by atoms with Crippen molar-refractivity contribution in [1.82, 2.24) is 0 Å². The highest BCUT2D eigenvalue weighted by atomic mass is 16.8. The maximum absolute atomic E-state index is 9.66. The van der Waals surface area contributed by atoms with E-state index in [1.807, 2.05) is 13.8 Å². The quantitative estimate of drug-likeness (QED) is 0.720. The number of fused-ring (bicyclic) bond motifs is 1. The minimum Gasteiger partial charge on any atom is -0.366 e. The first-order valence-electron chi connectivity index (χ1n) is 5.64. The minimum absolute atomic E-state index is 0.194. The monoisotopic (exact) mass is 232 g/mol. The molecule has 2 fully saturated rings. The first-order valence-corrected chi connectivity index (χ1v) is 5.64. The molecular weight excluding hydrogens is 212 g/mol. The average molecular weight is 232 g/mol. The Labute approximate surface area is 95.6 Å². The summed E-state index contributed by atoms with van der Waals surface area (Å²) in [6.45, 7) is 7.46. The van der Waals surface area contributed by atoms with E-state index in [1.165, 1.54) is 0 Å². The molecule has 0 spiro atoms. The minimum atomic E-state index is -1.16. The third kappa shape index (κ3) is 2.73. The zero-order valence-electron chi connectivity index (χ0n) is 10.2. The molecule has 94 valence electrons. The molecule has 0 radical (unpaired) electrons. The lowest BCUT2D eigenvalue weighted by molar-refractivity contribution is -0.258. The van der Waals surface area contributed by atoms with E-state index >= 15 is 0 Å². The third-order valence-corrected chi connectivity index (χ3v) is 2.58. The van der Waals surface area contributed by atoms with Crippen LogP contribution in [0.25, 0.3) is 0 Å². The molecule has 2 heterocycles. The Morgan fingerprint density at radius 2 is 2.00 bits per heavy atom. The Bertz CT molecular complexity index is 258. The van der Waals surface area contributed by atoms with Gasteiger partial charge in [-0.1, -0.05) is 0 Å². The molecule has 0 saturated carbocycles. The van der Waals surface area contributed by atoms with E-state index in [2.05, 4.69) is 0 Å². The van der Waals surface area contributed by atoms with Gasteiger partial charge in [-0.2, -0.15) is 0 Å². The van der Waals surface area contributed by atoms with E-state index in [1.54, 1.807) is 13.8 Å². The third-order valence-electron chi connectivity index (χ3n) is 2.58. The van der Waals surface area contributed by atoms with Crippen LogP contribution < -0.4 is 0 Å². The van der Waals surface area contributed by atoms with E-state index in [0.717, 1.165) is 0 Å². The maximum atomic E-state index is 9.66. The molecule has 2 rings (SSSR count). The van der Waals surface area contributed by atoms with Crippen molar-refractivity contribution in [2.45, 2.75) is 64.2 Å². The molecule has 0 amide bonds. The van der Waals surface area contributed by atoms with E-state index < -0.39 is 17.9 Å². The van der Waals surface area contributed by atoms with Gasteiger partial charge in [0.25, 0.3) is 0 Å². The summed E-state index contributed by atoms with van der Waals surface area (Å²) in [4.78, 5) is 0. The van der Waals surface area contributed by atoms with E-state index in [-0.39, 0.29) is 12.2 Å². The topological polar surface area (TPSA) is 57.2 Å². The number of hydrogen-bond acceptors (Lipinski definition) is 5. The van der Waals surface area contributed by atoms with E-state index in [9.17, 15) is 5.11 Å². The van der Waals surface area contributed by atoms with Crippen molar-refractivity contribution in [3.05, 3.63) is 0 Å². The predicted molar refractivity (Wildman–Crippen MR) is 55.6 cm³/mol. The van der Waals surface area contributed by atoms with Crippen LogP contribution in [-0.4, -0.2) is 41.8 Å². The molecule has 2 aliphatic rings. The highest BCUT2D eigenvalue weighted by molar-refractivity contribution is 4.86. The van der Waals surface area contributed by atoms with Gasteiger partial charge in [-0.25, -0.2) is 0 Å². The fraction of sp³-hybridized carbons (Fsp3) is 1.00. The van der Waals surface area contributed by atoms with Gasteiger partial charge in [0.2, 0.25) is 0 Å². The van der Waals surface area contributed by atoms with Gasteiger partial charge in [0, 0.05) is 0 Å². The van der Waals surface area contributed by atoms with Crippen LogP contribution in [-0.2, 0) is 18.9 Å². The standard InChI is InChI=1S/C11H20O5/c1-10(2,12)14-7-5-6-13-9-8(7)15-11(3,4)16-9/h7-9,12H,5-6H2,1-4H3/t7?,8-,9?/m0/s1. The van der Waals surface area contributed by atoms with Crippen molar-refractivity contribution in [3.8, 4) is 0 Å². The Hall–Kier alpha value is -0.200. The van der Waals surface area contributed by atoms with Gasteiger partial charge in [-0.3, -0.25) is 0 Å². The van der Waals surface area contributed by atoms with Crippen molar-refractivity contribution < 1.29 is 24.1 Å². The fourth-order valence-corrected chi connectivity index (χ4v) is 2.10. The second-order valence-electron chi connectivity index (χ2n) is 5.23. The molecule has 0 aromatic rings. The lowest BCUT2D eigenvalue weighted by Crippen LogP contribution is -2.47. The number of aliphatic hydroxyl groups is 1. The SMILES string of the molecule is CC(C)(O)OC1CCOC2OC(C)(C)O[C@@H]12. The Morgan fingerprint density at radius 1 is 1.31 bits per heavy atom. The number of ether oxygens (including phenoxy) is 4. The molecule has 2 unspecified atom stereocenters. The van der Waals surface area contributed by atoms with Gasteiger partial charge >= 0.3 is 0 Å². The summed E-state index contributed by atoms with van der Waals surface area (Å²) in [5.74, 6) is -1.82. The van der Waals surface area contributed by atoms with Crippen LogP contribution in [0.2, 0.25) is 0 Å². The maximum Gasteiger partial charge on any atom is 0.189 e. The van der Waals surface area contributed by atoms with Crippen molar-refractivity contribution >= 4 is 0 Å². The van der Waals surface area contributed by atoms with Crippen LogP contribution in [0, 0.1) is 0 Å². The van der Waals surface area contributed by atoms with Gasteiger partial charge in [-0.05, 0) is 34.1 Å². The molecule has 5 nitrogen and oxygen atoms in total. The van der Waals surface area contributed by atoms with Crippen LogP contribution in [0.5, 0.6) is 0 Å². The van der Waals surface area contributed by atoms with Crippen LogP contribution in [0.3, 0.4) is 0 Å². The molecule has 0 aromatic heterocycles. The molecule has 1 N–H and O–H groups in total. The molecule has 0 aliphatic carbocycles. The smallest absolute Gasteiger partial charge is 0.189 e. The van der Waals surface area contributed by atoms with Crippen LogP contribution >= 0.6 is 0 Å². The summed E-state index contributed by atoms with van der Waals surface area (Å²) < 4.78 is 22.3. The van der Waals surface area contributed by atoms with Gasteiger partial charge in [0.15, 0.2) is 17.9 Å². The average Bonchev–Trinajstić information content (AvgIpc) is 2.37. The summed E-state index contributed by atoms with van der Waals surface area (Å²) in [7, 11) is 0. The zero-order chi connectivity index (χ0) is 12.0. The Morgan fingerprint density at radius 3 is 2.62 bits per heavy atom. The first kappa shape index (κ1) is 12.3. The zero-order valence-corrected chi connectivity index (χ0v) is 10.2. The molecule has 0 bridgehead atoms. The Balaban J connectivity index is 2.04.